The van der Waals surface area contributed by atoms with Crippen molar-refractivity contribution in [3.8, 4) is 0 Å². The molecule has 1 unspecified atom stereocenters. The average Bonchev–Trinajstić information content (AvgIpc) is 2.86. The van der Waals surface area contributed by atoms with Crippen LogP contribution >= 0.6 is 0 Å². The van der Waals surface area contributed by atoms with E-state index < -0.39 is 0 Å². The molecule has 2 heterocycles. The van der Waals surface area contributed by atoms with Crippen LogP contribution in [0.4, 0.5) is 5.69 Å². The van der Waals surface area contributed by atoms with E-state index in [1.54, 1.807) is 0 Å². The summed E-state index contributed by atoms with van der Waals surface area (Å²) in [6, 6.07) is 0. The highest BCUT2D eigenvalue weighted by Crippen LogP contribution is 2.13. The van der Waals surface area contributed by atoms with Crippen molar-refractivity contribution in [3.05, 3.63) is 12.4 Å². The lowest BCUT2D eigenvalue weighted by Gasteiger charge is -2.09. The van der Waals surface area contributed by atoms with Gasteiger partial charge in [0.2, 0.25) is 0 Å². The highest BCUT2D eigenvalue weighted by Gasteiger charge is 2.14. The predicted molar refractivity (Wildman–Crippen MR) is 55.4 cm³/mol. The second-order valence-corrected chi connectivity index (χ2v) is 3.60. The van der Waals surface area contributed by atoms with Gasteiger partial charge in [0.05, 0.1) is 18.0 Å². The summed E-state index contributed by atoms with van der Waals surface area (Å²) in [4.78, 5) is 0. The van der Waals surface area contributed by atoms with Crippen molar-refractivity contribution in [2.24, 2.45) is 0 Å². The average molecular weight is 195 g/mol. The Kier molecular flexibility index (Phi) is 3.03. The Hall–Kier alpha value is -1.03. The number of anilines is 1. The van der Waals surface area contributed by atoms with Gasteiger partial charge in [-0.2, -0.15) is 5.10 Å². The third-order valence-electron chi connectivity index (χ3n) is 2.52. The zero-order valence-electron chi connectivity index (χ0n) is 8.57. The number of aromatic nitrogens is 2. The van der Waals surface area contributed by atoms with Crippen molar-refractivity contribution in [3.63, 3.8) is 0 Å². The van der Waals surface area contributed by atoms with Gasteiger partial charge in [0, 0.05) is 25.9 Å². The summed E-state index contributed by atoms with van der Waals surface area (Å²) in [5.41, 5.74) is 1.09. The maximum absolute atomic E-state index is 5.52. The van der Waals surface area contributed by atoms with Crippen molar-refractivity contribution in [2.75, 3.05) is 18.5 Å². The van der Waals surface area contributed by atoms with Crippen LogP contribution in [0.15, 0.2) is 12.4 Å². The van der Waals surface area contributed by atoms with Crippen molar-refractivity contribution >= 4 is 5.69 Å². The molecule has 4 heteroatoms. The molecule has 78 valence electrons. The third-order valence-corrected chi connectivity index (χ3v) is 2.52. The number of ether oxygens (including phenoxy) is 1. The molecule has 1 atom stereocenters. The van der Waals surface area contributed by atoms with Gasteiger partial charge >= 0.3 is 0 Å². The van der Waals surface area contributed by atoms with Crippen molar-refractivity contribution < 1.29 is 4.74 Å². The zero-order valence-corrected chi connectivity index (χ0v) is 8.57. The number of nitrogens with zero attached hydrogens (tertiary/aromatic N) is 2. The molecule has 1 aromatic heterocycles. The van der Waals surface area contributed by atoms with Gasteiger partial charge in [-0.1, -0.05) is 0 Å². The number of aryl methyl sites for hydroxylation is 1. The lowest BCUT2D eigenvalue weighted by Crippen LogP contribution is -2.18. The van der Waals surface area contributed by atoms with E-state index in [-0.39, 0.29) is 0 Å². The Labute approximate surface area is 84.3 Å². The van der Waals surface area contributed by atoms with Crippen LogP contribution in [0.5, 0.6) is 0 Å². The van der Waals surface area contributed by atoms with Crippen molar-refractivity contribution in [1.29, 1.82) is 0 Å². The molecule has 0 saturated carbocycles. The quantitative estimate of drug-likeness (QED) is 0.791. The van der Waals surface area contributed by atoms with E-state index in [1.807, 2.05) is 17.1 Å². The summed E-state index contributed by atoms with van der Waals surface area (Å²) in [6.07, 6.45) is 6.64. The molecule has 1 aromatic rings. The van der Waals surface area contributed by atoms with Gasteiger partial charge in [-0.25, -0.2) is 0 Å². The fraction of sp³-hybridized carbons (Fsp3) is 0.700. The van der Waals surface area contributed by atoms with Crippen molar-refractivity contribution in [2.45, 2.75) is 32.4 Å². The standard InChI is InChI=1S/C10H17N3O/c1-2-13-8-9(6-12-13)11-7-10-4-3-5-14-10/h6,8,10-11H,2-5,7H2,1H3. The molecule has 1 fully saturated rings. The topological polar surface area (TPSA) is 39.1 Å². The predicted octanol–water partition coefficient (Wildman–Crippen LogP) is 1.49. The molecule has 0 bridgehead atoms. The van der Waals surface area contributed by atoms with E-state index in [9.17, 15) is 0 Å². The maximum Gasteiger partial charge on any atom is 0.0748 e. The fourth-order valence-electron chi connectivity index (χ4n) is 1.66. The molecule has 2 rings (SSSR count). The van der Waals surface area contributed by atoms with E-state index >= 15 is 0 Å². The summed E-state index contributed by atoms with van der Waals surface area (Å²) in [5, 5.41) is 7.53. The fourth-order valence-corrected chi connectivity index (χ4v) is 1.66. The molecule has 0 amide bonds. The van der Waals surface area contributed by atoms with Crippen LogP contribution in [-0.4, -0.2) is 29.0 Å². The minimum Gasteiger partial charge on any atom is -0.380 e. The minimum atomic E-state index is 0.389. The van der Waals surface area contributed by atoms with E-state index in [2.05, 4.69) is 17.3 Å². The summed E-state index contributed by atoms with van der Waals surface area (Å²) >= 11 is 0. The maximum atomic E-state index is 5.52. The van der Waals surface area contributed by atoms with Crippen LogP contribution in [0.3, 0.4) is 0 Å². The summed E-state index contributed by atoms with van der Waals surface area (Å²) < 4.78 is 7.43. The molecule has 1 saturated heterocycles. The van der Waals surface area contributed by atoms with Crippen LogP contribution in [0.1, 0.15) is 19.8 Å². The number of hydrogen-bond acceptors (Lipinski definition) is 3. The number of hydrogen-bond donors (Lipinski definition) is 1. The van der Waals surface area contributed by atoms with E-state index in [1.165, 1.54) is 12.8 Å². The highest BCUT2D eigenvalue weighted by atomic mass is 16.5. The second-order valence-electron chi connectivity index (χ2n) is 3.60. The minimum absolute atomic E-state index is 0.389. The first-order chi connectivity index (χ1) is 6.88. The van der Waals surface area contributed by atoms with E-state index in [0.29, 0.717) is 6.10 Å². The van der Waals surface area contributed by atoms with Gasteiger partial charge in [0.25, 0.3) is 0 Å². The molecule has 0 aromatic carbocycles. The van der Waals surface area contributed by atoms with Gasteiger partial charge in [0.1, 0.15) is 0 Å². The van der Waals surface area contributed by atoms with E-state index in [0.717, 1.165) is 25.4 Å². The van der Waals surface area contributed by atoms with E-state index in [4.69, 9.17) is 4.74 Å². The molecular weight excluding hydrogens is 178 g/mol. The molecule has 1 N–H and O–H groups in total. The van der Waals surface area contributed by atoms with Gasteiger partial charge in [-0.3, -0.25) is 4.68 Å². The van der Waals surface area contributed by atoms with Gasteiger partial charge < -0.3 is 10.1 Å². The molecule has 0 spiro atoms. The molecule has 1 aliphatic heterocycles. The van der Waals surface area contributed by atoms with Crippen LogP contribution in [-0.2, 0) is 11.3 Å². The highest BCUT2D eigenvalue weighted by molar-refractivity contribution is 5.38. The Morgan fingerprint density at radius 2 is 2.64 bits per heavy atom. The summed E-state index contributed by atoms with van der Waals surface area (Å²) in [7, 11) is 0. The Bertz CT molecular complexity index is 279. The normalized spacial score (nSPS) is 21.4. The largest absolute Gasteiger partial charge is 0.380 e. The zero-order chi connectivity index (χ0) is 9.80. The summed E-state index contributed by atoms with van der Waals surface area (Å²) in [5.74, 6) is 0. The summed E-state index contributed by atoms with van der Waals surface area (Å²) in [6.45, 7) is 4.81. The first kappa shape index (κ1) is 9.52. The Balaban J connectivity index is 1.79. The lowest BCUT2D eigenvalue weighted by atomic mass is 10.2. The van der Waals surface area contributed by atoms with Crippen LogP contribution in [0, 0.1) is 0 Å². The van der Waals surface area contributed by atoms with Gasteiger partial charge in [-0.15, -0.1) is 0 Å². The van der Waals surface area contributed by atoms with Crippen molar-refractivity contribution in [1.82, 2.24) is 9.78 Å². The SMILES string of the molecule is CCn1cc(NCC2CCCO2)cn1. The van der Waals surface area contributed by atoms with Gasteiger partial charge in [0.15, 0.2) is 0 Å². The lowest BCUT2D eigenvalue weighted by molar-refractivity contribution is 0.120. The molecule has 0 aliphatic carbocycles. The van der Waals surface area contributed by atoms with Crippen LogP contribution < -0.4 is 5.32 Å². The molecule has 14 heavy (non-hydrogen) atoms. The monoisotopic (exact) mass is 195 g/mol. The number of nitrogens with one attached hydrogen (secondary N) is 1. The van der Waals surface area contributed by atoms with Crippen LogP contribution in [0.2, 0.25) is 0 Å². The van der Waals surface area contributed by atoms with Crippen LogP contribution in [0.25, 0.3) is 0 Å². The molecule has 0 radical (unpaired) electrons. The first-order valence-corrected chi connectivity index (χ1v) is 5.26. The second kappa shape index (κ2) is 4.46. The molecular formula is C10H17N3O. The first-order valence-electron chi connectivity index (χ1n) is 5.26. The molecule has 1 aliphatic rings. The number of rotatable bonds is 4. The Morgan fingerprint density at radius 3 is 3.29 bits per heavy atom. The smallest absolute Gasteiger partial charge is 0.0748 e. The Morgan fingerprint density at radius 1 is 1.71 bits per heavy atom. The third kappa shape index (κ3) is 2.26. The molecule has 4 nitrogen and oxygen atoms in total. The van der Waals surface area contributed by atoms with Gasteiger partial charge in [-0.05, 0) is 19.8 Å².